The fourth-order valence-electron chi connectivity index (χ4n) is 2.24. The first-order chi connectivity index (χ1) is 12.0. The summed E-state index contributed by atoms with van der Waals surface area (Å²) >= 11 is 0. The summed E-state index contributed by atoms with van der Waals surface area (Å²) in [5.41, 5.74) is 0.839. The molecule has 2 rings (SSSR count). The Morgan fingerprint density at radius 3 is 1.81 bits per heavy atom. The topological polar surface area (TPSA) is 92.3 Å². The minimum absolute atomic E-state index is 0.0523. The zero-order valence-corrected chi connectivity index (χ0v) is 16.0. The van der Waals surface area contributed by atoms with E-state index in [-0.39, 0.29) is 16.6 Å². The Labute approximate surface area is 153 Å². The molecule has 2 N–H and O–H groups in total. The molecule has 0 bridgehead atoms. The zero-order valence-electron chi connectivity index (χ0n) is 15.2. The van der Waals surface area contributed by atoms with Crippen molar-refractivity contribution in [2.24, 2.45) is 0 Å². The molecule has 0 saturated heterocycles. The Morgan fingerprint density at radius 2 is 1.35 bits per heavy atom. The van der Waals surface area contributed by atoms with Crippen LogP contribution >= 0.6 is 0 Å². The zero-order chi connectivity index (χ0) is 19.5. The number of carbonyl (C=O) groups is 2. The largest absolute Gasteiger partial charge is 0.322 e. The van der Waals surface area contributed by atoms with Gasteiger partial charge in [0.2, 0.25) is 10.0 Å². The quantitative estimate of drug-likeness (QED) is 0.786. The smallest absolute Gasteiger partial charge is 0.255 e. The molecule has 0 unspecified atom stereocenters. The fourth-order valence-corrected chi connectivity index (χ4v) is 3.66. The second-order valence-electron chi connectivity index (χ2n) is 6.97. The highest BCUT2D eigenvalue weighted by molar-refractivity contribution is 7.89. The van der Waals surface area contributed by atoms with Crippen LogP contribution in [-0.2, 0) is 10.0 Å². The molecular formula is C19H22N2O4S. The molecule has 6 nitrogen and oxygen atoms in total. The molecule has 2 aromatic carbocycles. The predicted octanol–water partition coefficient (Wildman–Crippen LogP) is 3.22. The number of benzene rings is 2. The first kappa shape index (κ1) is 19.8. The normalized spacial score (nSPS) is 11.8. The van der Waals surface area contributed by atoms with Crippen LogP contribution in [0.2, 0.25) is 0 Å². The monoisotopic (exact) mass is 374 g/mol. The van der Waals surface area contributed by atoms with Crippen LogP contribution in [0.5, 0.6) is 0 Å². The van der Waals surface area contributed by atoms with Crippen LogP contribution < -0.4 is 10.0 Å². The summed E-state index contributed by atoms with van der Waals surface area (Å²) in [6.45, 7) is 6.73. The lowest BCUT2D eigenvalue weighted by molar-refractivity contribution is 0.101. The van der Waals surface area contributed by atoms with Crippen molar-refractivity contribution in [1.29, 1.82) is 0 Å². The molecule has 0 aliphatic carbocycles. The van der Waals surface area contributed by atoms with Crippen molar-refractivity contribution >= 4 is 27.4 Å². The minimum Gasteiger partial charge on any atom is -0.322 e. The number of Topliss-reactive ketones (excluding diaryl/α,β-unsaturated/α-hetero) is 1. The van der Waals surface area contributed by atoms with Gasteiger partial charge in [-0.3, -0.25) is 9.59 Å². The van der Waals surface area contributed by atoms with E-state index in [0.29, 0.717) is 16.8 Å². The summed E-state index contributed by atoms with van der Waals surface area (Å²) in [6.07, 6.45) is 0. The number of anilines is 1. The molecule has 0 aliphatic heterocycles. The number of amides is 1. The Balaban J connectivity index is 2.12. The second kappa shape index (κ2) is 7.39. The number of hydrogen-bond donors (Lipinski definition) is 2. The average molecular weight is 374 g/mol. The molecular weight excluding hydrogens is 352 g/mol. The number of nitrogens with one attached hydrogen (secondary N) is 2. The van der Waals surface area contributed by atoms with Crippen molar-refractivity contribution in [1.82, 2.24) is 4.72 Å². The summed E-state index contributed by atoms with van der Waals surface area (Å²) < 4.78 is 27.1. The molecule has 0 saturated carbocycles. The maximum absolute atomic E-state index is 12.3. The fraction of sp³-hybridized carbons (Fsp3) is 0.263. The third-order valence-corrected chi connectivity index (χ3v) is 5.19. The number of rotatable bonds is 5. The Bertz CT molecular complexity index is 910. The van der Waals surface area contributed by atoms with Gasteiger partial charge in [-0.25, -0.2) is 13.1 Å². The predicted molar refractivity (Wildman–Crippen MR) is 101 cm³/mol. The van der Waals surface area contributed by atoms with Gasteiger partial charge in [0, 0.05) is 22.4 Å². The summed E-state index contributed by atoms with van der Waals surface area (Å²) in [5.74, 6) is -0.420. The van der Waals surface area contributed by atoms with E-state index in [1.54, 1.807) is 45.0 Å². The first-order valence-corrected chi connectivity index (χ1v) is 9.53. The molecule has 138 valence electrons. The molecule has 0 fully saturated rings. The van der Waals surface area contributed by atoms with Gasteiger partial charge >= 0.3 is 0 Å². The SMILES string of the molecule is CC(=O)c1ccc(NC(=O)c2ccc(S(=O)(=O)NC(C)(C)C)cc2)cc1. The summed E-state index contributed by atoms with van der Waals surface area (Å²) in [5, 5.41) is 2.71. The van der Waals surface area contributed by atoms with Gasteiger partial charge in [-0.05, 0) is 76.2 Å². The molecule has 1 amide bonds. The van der Waals surface area contributed by atoms with Gasteiger partial charge in [-0.2, -0.15) is 0 Å². The number of ketones is 1. The lowest BCUT2D eigenvalue weighted by atomic mass is 10.1. The van der Waals surface area contributed by atoms with Crippen LogP contribution in [0.1, 0.15) is 48.4 Å². The van der Waals surface area contributed by atoms with Crippen LogP contribution in [0, 0.1) is 0 Å². The van der Waals surface area contributed by atoms with E-state index in [9.17, 15) is 18.0 Å². The van der Waals surface area contributed by atoms with E-state index in [0.717, 1.165) is 0 Å². The second-order valence-corrected chi connectivity index (χ2v) is 8.65. The molecule has 0 aromatic heterocycles. The summed E-state index contributed by atoms with van der Waals surface area (Å²) in [6, 6.07) is 12.2. The van der Waals surface area contributed by atoms with Crippen LogP contribution in [0.3, 0.4) is 0 Å². The average Bonchev–Trinajstić information content (AvgIpc) is 2.53. The Hall–Kier alpha value is -2.51. The van der Waals surface area contributed by atoms with Crippen molar-refractivity contribution in [3.8, 4) is 0 Å². The van der Waals surface area contributed by atoms with Crippen molar-refractivity contribution in [2.75, 3.05) is 5.32 Å². The van der Waals surface area contributed by atoms with Crippen LogP contribution in [0.15, 0.2) is 53.4 Å². The van der Waals surface area contributed by atoms with Crippen molar-refractivity contribution in [2.45, 2.75) is 38.1 Å². The third-order valence-electron chi connectivity index (χ3n) is 3.42. The molecule has 7 heteroatoms. The molecule has 26 heavy (non-hydrogen) atoms. The third kappa shape index (κ3) is 5.24. The van der Waals surface area contributed by atoms with Crippen LogP contribution in [-0.4, -0.2) is 25.6 Å². The van der Waals surface area contributed by atoms with E-state index < -0.39 is 15.6 Å². The Kier molecular flexibility index (Phi) is 5.63. The number of hydrogen-bond acceptors (Lipinski definition) is 4. The number of carbonyl (C=O) groups excluding carboxylic acids is 2. The first-order valence-electron chi connectivity index (χ1n) is 8.04. The van der Waals surface area contributed by atoms with Crippen LogP contribution in [0.4, 0.5) is 5.69 Å². The summed E-state index contributed by atoms with van der Waals surface area (Å²) in [7, 11) is -3.65. The van der Waals surface area contributed by atoms with Gasteiger partial charge in [0.15, 0.2) is 5.78 Å². The van der Waals surface area contributed by atoms with E-state index in [1.165, 1.54) is 31.2 Å². The van der Waals surface area contributed by atoms with Gasteiger partial charge < -0.3 is 5.32 Å². The lowest BCUT2D eigenvalue weighted by Gasteiger charge is -2.20. The number of sulfonamides is 1. The van der Waals surface area contributed by atoms with Crippen LogP contribution in [0.25, 0.3) is 0 Å². The standard InChI is InChI=1S/C19H22N2O4S/c1-13(22)14-5-9-16(10-6-14)20-18(23)15-7-11-17(12-8-15)26(24,25)21-19(2,3)4/h5-12,21H,1-4H3,(H,20,23). The van der Waals surface area contributed by atoms with Gasteiger partial charge in [0.1, 0.15) is 0 Å². The molecule has 0 spiro atoms. The highest BCUT2D eigenvalue weighted by atomic mass is 32.2. The minimum atomic E-state index is -3.65. The van der Waals surface area contributed by atoms with E-state index in [1.807, 2.05) is 0 Å². The Morgan fingerprint density at radius 1 is 0.846 bits per heavy atom. The lowest BCUT2D eigenvalue weighted by Crippen LogP contribution is -2.40. The van der Waals surface area contributed by atoms with E-state index in [4.69, 9.17) is 0 Å². The molecule has 2 aromatic rings. The molecule has 0 aliphatic rings. The summed E-state index contributed by atoms with van der Waals surface area (Å²) in [4.78, 5) is 23.6. The molecule has 0 radical (unpaired) electrons. The van der Waals surface area contributed by atoms with Crippen molar-refractivity contribution in [3.05, 3.63) is 59.7 Å². The highest BCUT2D eigenvalue weighted by Gasteiger charge is 2.22. The molecule has 0 atom stereocenters. The van der Waals surface area contributed by atoms with Crippen molar-refractivity contribution < 1.29 is 18.0 Å². The van der Waals surface area contributed by atoms with E-state index >= 15 is 0 Å². The molecule has 0 heterocycles. The maximum atomic E-state index is 12.3. The van der Waals surface area contributed by atoms with Gasteiger partial charge in [0.05, 0.1) is 4.90 Å². The highest BCUT2D eigenvalue weighted by Crippen LogP contribution is 2.16. The van der Waals surface area contributed by atoms with Gasteiger partial charge in [-0.1, -0.05) is 0 Å². The van der Waals surface area contributed by atoms with Crippen molar-refractivity contribution in [3.63, 3.8) is 0 Å². The van der Waals surface area contributed by atoms with E-state index in [2.05, 4.69) is 10.0 Å². The van der Waals surface area contributed by atoms with Gasteiger partial charge in [0.25, 0.3) is 5.91 Å². The maximum Gasteiger partial charge on any atom is 0.255 e. The van der Waals surface area contributed by atoms with Gasteiger partial charge in [-0.15, -0.1) is 0 Å².